The Kier molecular flexibility index (Phi) is 6.23. The van der Waals surface area contributed by atoms with Crippen LogP contribution in [0.5, 0.6) is 5.75 Å². The van der Waals surface area contributed by atoms with Crippen molar-refractivity contribution in [1.82, 2.24) is 5.32 Å². The number of anilines is 1. The summed E-state index contributed by atoms with van der Waals surface area (Å²) in [6, 6.07) is 12.5. The fourth-order valence-corrected chi connectivity index (χ4v) is 2.83. The Bertz CT molecular complexity index is 864. The van der Waals surface area contributed by atoms with Crippen molar-refractivity contribution in [3.63, 3.8) is 0 Å². The first-order valence-electron chi connectivity index (χ1n) is 8.13. The van der Waals surface area contributed by atoms with Crippen LogP contribution < -0.4 is 20.5 Å². The second-order valence-electron chi connectivity index (χ2n) is 6.10. The van der Waals surface area contributed by atoms with Crippen LogP contribution in [0.4, 0.5) is 10.5 Å². The van der Waals surface area contributed by atoms with E-state index in [-0.39, 0.29) is 17.0 Å². The molecule has 140 valence electrons. The second kappa shape index (κ2) is 8.20. The van der Waals surface area contributed by atoms with Gasteiger partial charge in [-0.3, -0.25) is 0 Å². The minimum Gasteiger partial charge on any atom is -0.489 e. The number of nitrogens with one attached hydrogen (secondary N) is 2. The number of benzene rings is 2. The summed E-state index contributed by atoms with van der Waals surface area (Å²) in [7, 11) is -3.74. The Labute approximate surface area is 153 Å². The predicted octanol–water partition coefficient (Wildman–Crippen LogP) is 3.00. The lowest BCUT2D eigenvalue weighted by atomic mass is 10.1. The summed E-state index contributed by atoms with van der Waals surface area (Å²) < 4.78 is 28.2. The largest absolute Gasteiger partial charge is 0.489 e. The van der Waals surface area contributed by atoms with Crippen LogP contribution in [0.3, 0.4) is 0 Å². The summed E-state index contributed by atoms with van der Waals surface area (Å²) in [5.41, 5.74) is 1.31. The molecule has 1 atom stereocenters. The van der Waals surface area contributed by atoms with E-state index in [1.807, 2.05) is 19.9 Å². The first-order chi connectivity index (χ1) is 12.2. The Balaban J connectivity index is 2.04. The molecule has 2 aromatic rings. The maximum Gasteiger partial charge on any atom is 0.319 e. The highest BCUT2D eigenvalue weighted by Gasteiger charge is 2.14. The fraction of sp³-hybridized carbons (Fsp3) is 0.278. The molecule has 1 unspecified atom stereocenters. The van der Waals surface area contributed by atoms with Crippen LogP contribution in [0.2, 0.25) is 0 Å². The Morgan fingerprint density at radius 3 is 2.23 bits per heavy atom. The van der Waals surface area contributed by atoms with Gasteiger partial charge in [0.2, 0.25) is 10.0 Å². The zero-order valence-corrected chi connectivity index (χ0v) is 15.7. The zero-order chi connectivity index (χ0) is 19.3. The molecule has 0 fully saturated rings. The van der Waals surface area contributed by atoms with Crippen molar-refractivity contribution >= 4 is 21.7 Å². The van der Waals surface area contributed by atoms with Crippen molar-refractivity contribution in [3.8, 4) is 5.75 Å². The predicted molar refractivity (Wildman–Crippen MR) is 101 cm³/mol. The van der Waals surface area contributed by atoms with E-state index in [1.165, 1.54) is 12.1 Å². The number of nitrogens with two attached hydrogens (primary N) is 1. The summed E-state index contributed by atoms with van der Waals surface area (Å²) in [6.45, 7) is 5.61. The molecular formula is C18H23N3O4S. The first kappa shape index (κ1) is 19.7. The Morgan fingerprint density at radius 1 is 1.04 bits per heavy atom. The van der Waals surface area contributed by atoms with Gasteiger partial charge in [-0.2, -0.15) is 0 Å². The van der Waals surface area contributed by atoms with E-state index in [2.05, 4.69) is 10.6 Å². The van der Waals surface area contributed by atoms with Crippen LogP contribution in [0.25, 0.3) is 0 Å². The van der Waals surface area contributed by atoms with Crippen LogP contribution in [0.1, 0.15) is 32.4 Å². The van der Waals surface area contributed by atoms with Crippen molar-refractivity contribution in [2.24, 2.45) is 5.14 Å². The van der Waals surface area contributed by atoms with E-state index in [0.717, 1.165) is 5.56 Å². The number of sulfonamides is 1. The van der Waals surface area contributed by atoms with Crippen LogP contribution in [-0.2, 0) is 10.0 Å². The van der Waals surface area contributed by atoms with E-state index in [9.17, 15) is 13.2 Å². The molecule has 8 heteroatoms. The van der Waals surface area contributed by atoms with Crippen molar-refractivity contribution in [2.75, 3.05) is 5.32 Å². The molecular weight excluding hydrogens is 354 g/mol. The molecule has 0 saturated carbocycles. The van der Waals surface area contributed by atoms with Crippen molar-refractivity contribution in [2.45, 2.75) is 37.8 Å². The third-order valence-electron chi connectivity index (χ3n) is 3.55. The number of hydrogen-bond donors (Lipinski definition) is 3. The molecule has 4 N–H and O–H groups in total. The van der Waals surface area contributed by atoms with Gasteiger partial charge in [-0.15, -0.1) is 0 Å². The molecule has 0 spiro atoms. The van der Waals surface area contributed by atoms with Crippen LogP contribution in [-0.4, -0.2) is 20.6 Å². The van der Waals surface area contributed by atoms with Gasteiger partial charge in [-0.25, -0.2) is 18.4 Å². The lowest BCUT2D eigenvalue weighted by molar-refractivity contribution is 0.241. The quantitative estimate of drug-likeness (QED) is 0.718. The van der Waals surface area contributed by atoms with Crippen LogP contribution in [0, 0.1) is 0 Å². The standard InChI is InChI=1S/C18H23N3O4S/c1-12(2)25-17-7-5-4-6-16(17)21-18(22)20-13(3)14-8-10-15(11-9-14)26(19,23)24/h4-13H,1-3H3,(H2,19,23,24)(H2,20,21,22). The molecule has 0 aliphatic rings. The molecule has 0 bridgehead atoms. The van der Waals surface area contributed by atoms with Gasteiger partial charge in [0.05, 0.1) is 22.7 Å². The number of primary sulfonamides is 1. The molecule has 26 heavy (non-hydrogen) atoms. The maximum atomic E-state index is 12.3. The summed E-state index contributed by atoms with van der Waals surface area (Å²) in [4.78, 5) is 12.3. The molecule has 0 saturated heterocycles. The summed E-state index contributed by atoms with van der Waals surface area (Å²) >= 11 is 0. The molecule has 0 aliphatic heterocycles. The normalized spacial score (nSPS) is 12.5. The summed E-state index contributed by atoms with van der Waals surface area (Å²) in [5.74, 6) is 0.586. The number of carbonyl (C=O) groups is 1. The summed E-state index contributed by atoms with van der Waals surface area (Å²) in [5, 5.41) is 10.6. The SMILES string of the molecule is CC(C)Oc1ccccc1NC(=O)NC(C)c1ccc(S(N)(=O)=O)cc1. The molecule has 2 aromatic carbocycles. The van der Waals surface area contributed by atoms with E-state index < -0.39 is 16.1 Å². The first-order valence-corrected chi connectivity index (χ1v) is 9.67. The molecule has 2 amide bonds. The van der Waals surface area contributed by atoms with Crippen molar-refractivity contribution in [1.29, 1.82) is 0 Å². The lowest BCUT2D eigenvalue weighted by Gasteiger charge is -2.18. The maximum absolute atomic E-state index is 12.3. The average molecular weight is 377 g/mol. The lowest BCUT2D eigenvalue weighted by Crippen LogP contribution is -2.31. The molecule has 0 radical (unpaired) electrons. The zero-order valence-electron chi connectivity index (χ0n) is 14.9. The molecule has 0 aromatic heterocycles. The number of carbonyl (C=O) groups excluding carboxylic acids is 1. The van der Waals surface area contributed by atoms with E-state index in [4.69, 9.17) is 9.88 Å². The van der Waals surface area contributed by atoms with Crippen molar-refractivity contribution in [3.05, 3.63) is 54.1 Å². The minimum absolute atomic E-state index is 0.0164. The Morgan fingerprint density at radius 2 is 1.65 bits per heavy atom. The van der Waals surface area contributed by atoms with E-state index in [0.29, 0.717) is 11.4 Å². The molecule has 2 rings (SSSR count). The van der Waals surface area contributed by atoms with Crippen LogP contribution >= 0.6 is 0 Å². The number of hydrogen-bond acceptors (Lipinski definition) is 4. The molecule has 7 nitrogen and oxygen atoms in total. The Hall–Kier alpha value is -2.58. The minimum atomic E-state index is -3.74. The monoisotopic (exact) mass is 377 g/mol. The topological polar surface area (TPSA) is 111 Å². The van der Waals surface area contributed by atoms with E-state index >= 15 is 0 Å². The second-order valence-corrected chi connectivity index (χ2v) is 7.66. The van der Waals surface area contributed by atoms with Gasteiger partial charge in [-0.1, -0.05) is 24.3 Å². The highest BCUT2D eigenvalue weighted by atomic mass is 32.2. The van der Waals surface area contributed by atoms with Gasteiger partial charge in [0.15, 0.2) is 0 Å². The van der Waals surface area contributed by atoms with Gasteiger partial charge in [-0.05, 0) is 50.6 Å². The van der Waals surface area contributed by atoms with Crippen LogP contribution in [0.15, 0.2) is 53.4 Å². The molecule has 0 heterocycles. The van der Waals surface area contributed by atoms with Crippen molar-refractivity contribution < 1.29 is 17.9 Å². The average Bonchev–Trinajstić information content (AvgIpc) is 2.55. The fourth-order valence-electron chi connectivity index (χ4n) is 2.31. The number of amides is 2. The van der Waals surface area contributed by atoms with Gasteiger partial charge in [0.1, 0.15) is 5.75 Å². The van der Waals surface area contributed by atoms with E-state index in [1.54, 1.807) is 37.3 Å². The number of urea groups is 1. The highest BCUT2D eigenvalue weighted by Crippen LogP contribution is 2.25. The number of rotatable bonds is 6. The van der Waals surface area contributed by atoms with Gasteiger partial charge in [0.25, 0.3) is 0 Å². The third kappa shape index (κ3) is 5.47. The van der Waals surface area contributed by atoms with Gasteiger partial charge >= 0.3 is 6.03 Å². The van der Waals surface area contributed by atoms with Gasteiger partial charge in [0, 0.05) is 0 Å². The smallest absolute Gasteiger partial charge is 0.319 e. The summed E-state index contributed by atoms with van der Waals surface area (Å²) in [6.07, 6.45) is -0.0164. The third-order valence-corrected chi connectivity index (χ3v) is 4.48. The molecule has 0 aliphatic carbocycles. The number of para-hydroxylation sites is 2. The number of ether oxygens (including phenoxy) is 1. The van der Waals surface area contributed by atoms with Gasteiger partial charge < -0.3 is 15.4 Å². The highest BCUT2D eigenvalue weighted by molar-refractivity contribution is 7.89.